The first-order valence-electron chi connectivity index (χ1n) is 9.49. The molecule has 0 N–H and O–H groups in total. The number of nitrogens with zero attached hydrogens (tertiary/aromatic N) is 2. The van der Waals surface area contributed by atoms with Crippen molar-refractivity contribution in [3.05, 3.63) is 87.6 Å². The standard InChI is InChI=1S/C22H20N2O5S/c25-21(19-16-18-8-4-5-9-20(18)29-22(19)26)23-11-13-24(14-12-23)30(27,28)15-10-17-6-2-1-3-7-17/h1-10,15-16H,11-14H2/b15-10+. The van der Waals surface area contributed by atoms with Crippen LogP contribution in [0, 0.1) is 0 Å². The van der Waals surface area contributed by atoms with Gasteiger partial charge in [0.25, 0.3) is 5.91 Å². The van der Waals surface area contributed by atoms with E-state index in [1.807, 2.05) is 30.3 Å². The zero-order chi connectivity index (χ0) is 21.1. The van der Waals surface area contributed by atoms with Crippen molar-refractivity contribution in [3.63, 3.8) is 0 Å². The molecule has 7 nitrogen and oxygen atoms in total. The molecule has 3 aromatic rings. The van der Waals surface area contributed by atoms with Crippen molar-refractivity contribution >= 4 is 33.0 Å². The predicted molar refractivity (Wildman–Crippen MR) is 114 cm³/mol. The number of piperazine rings is 1. The Hall–Kier alpha value is -3.23. The Kier molecular flexibility index (Phi) is 5.52. The summed E-state index contributed by atoms with van der Waals surface area (Å²) in [6, 6.07) is 17.7. The van der Waals surface area contributed by atoms with Gasteiger partial charge in [0.05, 0.1) is 0 Å². The molecule has 154 valence electrons. The van der Waals surface area contributed by atoms with Gasteiger partial charge < -0.3 is 9.32 Å². The van der Waals surface area contributed by atoms with Crippen molar-refractivity contribution in [3.8, 4) is 0 Å². The van der Waals surface area contributed by atoms with Crippen LogP contribution in [0.15, 0.2) is 75.3 Å². The molecule has 2 aromatic carbocycles. The molecule has 0 radical (unpaired) electrons. The lowest BCUT2D eigenvalue weighted by Crippen LogP contribution is -2.50. The molecule has 0 atom stereocenters. The monoisotopic (exact) mass is 424 g/mol. The van der Waals surface area contributed by atoms with E-state index in [0.717, 1.165) is 5.56 Å². The molecule has 0 aliphatic carbocycles. The van der Waals surface area contributed by atoms with Crippen molar-refractivity contribution in [2.24, 2.45) is 0 Å². The number of fused-ring (bicyclic) bond motifs is 1. The maximum atomic E-state index is 12.8. The smallest absolute Gasteiger partial charge is 0.349 e. The van der Waals surface area contributed by atoms with Gasteiger partial charge in [-0.1, -0.05) is 48.5 Å². The first-order valence-corrected chi connectivity index (χ1v) is 11.0. The van der Waals surface area contributed by atoms with Gasteiger partial charge >= 0.3 is 5.63 Å². The number of rotatable bonds is 4. The zero-order valence-electron chi connectivity index (χ0n) is 16.1. The number of carbonyl (C=O) groups is 1. The van der Waals surface area contributed by atoms with Crippen LogP contribution in [0.5, 0.6) is 0 Å². The molecule has 2 heterocycles. The van der Waals surface area contributed by atoms with Crippen LogP contribution >= 0.6 is 0 Å². The lowest BCUT2D eigenvalue weighted by molar-refractivity contribution is 0.0694. The Labute approximate surface area is 173 Å². The van der Waals surface area contributed by atoms with Crippen molar-refractivity contribution in [1.29, 1.82) is 0 Å². The second kappa shape index (κ2) is 8.25. The van der Waals surface area contributed by atoms with E-state index >= 15 is 0 Å². The van der Waals surface area contributed by atoms with Gasteiger partial charge in [-0.05, 0) is 23.8 Å². The van der Waals surface area contributed by atoms with Crippen LogP contribution in [0.4, 0.5) is 0 Å². The molecule has 0 unspecified atom stereocenters. The lowest BCUT2D eigenvalue weighted by atomic mass is 10.1. The van der Waals surface area contributed by atoms with Crippen LogP contribution in [0.25, 0.3) is 17.0 Å². The van der Waals surface area contributed by atoms with Crippen LogP contribution < -0.4 is 5.63 Å². The van der Waals surface area contributed by atoms with Crippen molar-refractivity contribution in [2.45, 2.75) is 0 Å². The summed E-state index contributed by atoms with van der Waals surface area (Å²) in [4.78, 5) is 26.5. The maximum absolute atomic E-state index is 12.8. The highest BCUT2D eigenvalue weighted by Crippen LogP contribution is 2.16. The Morgan fingerprint density at radius 2 is 1.60 bits per heavy atom. The number of amides is 1. The van der Waals surface area contributed by atoms with Crippen LogP contribution in [-0.4, -0.2) is 49.7 Å². The first kappa shape index (κ1) is 20.1. The third-order valence-electron chi connectivity index (χ3n) is 4.99. The molecule has 1 amide bonds. The molecule has 8 heteroatoms. The lowest BCUT2D eigenvalue weighted by Gasteiger charge is -2.33. The minimum atomic E-state index is -3.60. The highest BCUT2D eigenvalue weighted by Gasteiger charge is 2.29. The second-order valence-corrected chi connectivity index (χ2v) is 8.75. The molecule has 1 aliphatic heterocycles. The van der Waals surface area contributed by atoms with Gasteiger partial charge in [0.1, 0.15) is 11.1 Å². The first-order chi connectivity index (χ1) is 14.4. The zero-order valence-corrected chi connectivity index (χ0v) is 16.9. The van der Waals surface area contributed by atoms with E-state index in [2.05, 4.69) is 0 Å². The normalized spacial score (nSPS) is 15.7. The predicted octanol–water partition coefficient (Wildman–Crippen LogP) is 2.55. The molecule has 0 saturated carbocycles. The Morgan fingerprint density at radius 3 is 2.33 bits per heavy atom. The van der Waals surface area contributed by atoms with E-state index in [9.17, 15) is 18.0 Å². The maximum Gasteiger partial charge on any atom is 0.349 e. The molecule has 4 rings (SSSR count). The van der Waals surface area contributed by atoms with Gasteiger partial charge in [-0.3, -0.25) is 4.79 Å². The fraction of sp³-hybridized carbons (Fsp3) is 0.182. The van der Waals surface area contributed by atoms with Gasteiger partial charge in [0, 0.05) is 37.0 Å². The van der Waals surface area contributed by atoms with E-state index < -0.39 is 21.6 Å². The van der Waals surface area contributed by atoms with Gasteiger partial charge in [-0.25, -0.2) is 13.2 Å². The molecule has 1 aliphatic rings. The number of para-hydroxylation sites is 1. The van der Waals surface area contributed by atoms with E-state index in [1.165, 1.54) is 20.7 Å². The van der Waals surface area contributed by atoms with Gasteiger partial charge in [0.2, 0.25) is 10.0 Å². The van der Waals surface area contributed by atoms with E-state index in [0.29, 0.717) is 11.0 Å². The highest BCUT2D eigenvalue weighted by molar-refractivity contribution is 7.92. The minimum absolute atomic E-state index is 0.0472. The summed E-state index contributed by atoms with van der Waals surface area (Å²) in [6.45, 7) is 0.714. The van der Waals surface area contributed by atoms with Gasteiger partial charge in [0.15, 0.2) is 0 Å². The van der Waals surface area contributed by atoms with Crippen molar-refractivity contribution < 1.29 is 17.6 Å². The second-order valence-electron chi connectivity index (χ2n) is 6.93. The average molecular weight is 424 g/mol. The van der Waals surface area contributed by atoms with E-state index in [4.69, 9.17) is 4.42 Å². The minimum Gasteiger partial charge on any atom is -0.422 e. The summed E-state index contributed by atoms with van der Waals surface area (Å²) >= 11 is 0. The summed E-state index contributed by atoms with van der Waals surface area (Å²) in [5, 5.41) is 1.84. The topological polar surface area (TPSA) is 87.9 Å². The summed E-state index contributed by atoms with van der Waals surface area (Å²) in [5.41, 5.74) is 0.464. The number of hydrogen-bond acceptors (Lipinski definition) is 5. The number of carbonyl (C=O) groups excluding carboxylic acids is 1. The highest BCUT2D eigenvalue weighted by atomic mass is 32.2. The Bertz CT molecular complexity index is 1260. The molecule has 0 spiro atoms. The van der Waals surface area contributed by atoms with E-state index in [-0.39, 0.29) is 31.7 Å². The largest absolute Gasteiger partial charge is 0.422 e. The molecule has 1 aromatic heterocycles. The third-order valence-corrected chi connectivity index (χ3v) is 6.55. The van der Waals surface area contributed by atoms with Crippen LogP contribution in [0.3, 0.4) is 0 Å². The number of hydrogen-bond donors (Lipinski definition) is 0. The quantitative estimate of drug-likeness (QED) is 0.601. The average Bonchev–Trinajstić information content (AvgIpc) is 2.77. The summed E-state index contributed by atoms with van der Waals surface area (Å²) in [6.07, 6.45) is 1.55. The van der Waals surface area contributed by atoms with Crippen LogP contribution in [0.1, 0.15) is 15.9 Å². The van der Waals surface area contributed by atoms with Crippen LogP contribution in [0.2, 0.25) is 0 Å². The SMILES string of the molecule is O=C(c1cc2ccccc2oc1=O)N1CCN(S(=O)(=O)/C=C/c2ccccc2)CC1. The third kappa shape index (κ3) is 4.19. The molecular formula is C22H20N2O5S. The molecule has 0 bridgehead atoms. The van der Waals surface area contributed by atoms with E-state index in [1.54, 1.807) is 30.3 Å². The Morgan fingerprint density at radius 1 is 0.933 bits per heavy atom. The summed E-state index contributed by atoms with van der Waals surface area (Å²) < 4.78 is 31.7. The van der Waals surface area contributed by atoms with Crippen LogP contribution in [-0.2, 0) is 10.0 Å². The summed E-state index contributed by atoms with van der Waals surface area (Å²) in [7, 11) is -3.60. The Balaban J connectivity index is 1.45. The number of benzene rings is 2. The fourth-order valence-corrected chi connectivity index (χ4v) is 4.52. The number of sulfonamides is 1. The molecule has 30 heavy (non-hydrogen) atoms. The van der Waals surface area contributed by atoms with Gasteiger partial charge in [-0.15, -0.1) is 0 Å². The summed E-state index contributed by atoms with van der Waals surface area (Å²) in [5.74, 6) is -0.452. The molecule has 1 fully saturated rings. The fourth-order valence-electron chi connectivity index (χ4n) is 3.34. The van der Waals surface area contributed by atoms with Crippen molar-refractivity contribution in [1.82, 2.24) is 9.21 Å². The molecular weight excluding hydrogens is 404 g/mol. The van der Waals surface area contributed by atoms with Crippen molar-refractivity contribution in [2.75, 3.05) is 26.2 Å². The van der Waals surface area contributed by atoms with Gasteiger partial charge in [-0.2, -0.15) is 4.31 Å². The molecule has 1 saturated heterocycles.